The first-order valence-electron chi connectivity index (χ1n) is 5.81. The number of rotatable bonds is 3. The van der Waals surface area contributed by atoms with Gasteiger partial charge in [0.15, 0.2) is 0 Å². The van der Waals surface area contributed by atoms with Crippen LogP contribution in [0, 0.1) is 23.0 Å². The lowest BCUT2D eigenvalue weighted by molar-refractivity contribution is 0.0945. The molecule has 1 N–H and O–H groups in total. The Morgan fingerprint density at radius 3 is 2.00 bits per heavy atom. The molecule has 20 heavy (non-hydrogen) atoms. The molecule has 0 aromatic heterocycles. The molecule has 0 aliphatic carbocycles. The number of carbonyl (C=O) groups is 1. The molecule has 0 spiro atoms. The summed E-state index contributed by atoms with van der Waals surface area (Å²) in [4.78, 5) is 11.9. The van der Waals surface area contributed by atoms with Crippen molar-refractivity contribution >= 4 is 5.91 Å². The van der Waals surface area contributed by atoms with Crippen LogP contribution in [0.15, 0.2) is 48.5 Å². The van der Waals surface area contributed by atoms with E-state index in [0.717, 1.165) is 12.1 Å². The molecule has 0 heterocycles. The van der Waals surface area contributed by atoms with E-state index in [1.165, 1.54) is 36.4 Å². The molecule has 100 valence electrons. The van der Waals surface area contributed by atoms with Gasteiger partial charge >= 0.3 is 0 Å². The van der Waals surface area contributed by atoms with E-state index in [2.05, 4.69) is 5.32 Å². The lowest BCUT2D eigenvalue weighted by Crippen LogP contribution is -2.27. The standard InChI is InChI=1S/C15H10F2N2O/c16-12-5-1-10(2-6-12)14(9-18)19-15(20)11-3-7-13(17)8-4-11/h1-8,14H,(H,19,20)/t14-/m0/s1. The van der Waals surface area contributed by atoms with Crippen LogP contribution >= 0.6 is 0 Å². The Bertz CT molecular complexity index is 645. The first kappa shape index (κ1) is 13.7. The van der Waals surface area contributed by atoms with Crippen LogP contribution in [0.2, 0.25) is 0 Å². The molecule has 0 aliphatic heterocycles. The summed E-state index contributed by atoms with van der Waals surface area (Å²) < 4.78 is 25.6. The Hall–Kier alpha value is -2.74. The first-order chi connectivity index (χ1) is 9.60. The summed E-state index contributed by atoms with van der Waals surface area (Å²) in [5.74, 6) is -1.37. The molecule has 1 atom stereocenters. The van der Waals surface area contributed by atoms with Crippen molar-refractivity contribution in [3.8, 4) is 6.07 Å². The zero-order valence-corrected chi connectivity index (χ0v) is 10.3. The van der Waals surface area contributed by atoms with Crippen LogP contribution in [0.1, 0.15) is 22.0 Å². The van der Waals surface area contributed by atoms with E-state index >= 15 is 0 Å². The van der Waals surface area contributed by atoms with Crippen LogP contribution in [0.4, 0.5) is 8.78 Å². The number of hydrogen-bond donors (Lipinski definition) is 1. The van der Waals surface area contributed by atoms with Gasteiger partial charge in [0.2, 0.25) is 0 Å². The van der Waals surface area contributed by atoms with Gasteiger partial charge < -0.3 is 5.32 Å². The quantitative estimate of drug-likeness (QED) is 0.933. The van der Waals surface area contributed by atoms with Gasteiger partial charge in [0, 0.05) is 5.56 Å². The number of carbonyl (C=O) groups excluding carboxylic acids is 1. The molecule has 1 amide bonds. The minimum atomic E-state index is -0.895. The monoisotopic (exact) mass is 272 g/mol. The highest BCUT2D eigenvalue weighted by Crippen LogP contribution is 2.14. The van der Waals surface area contributed by atoms with E-state index in [1.807, 2.05) is 6.07 Å². The second-order valence-corrected chi connectivity index (χ2v) is 4.09. The van der Waals surface area contributed by atoms with Gasteiger partial charge in [-0.15, -0.1) is 0 Å². The number of nitrogens with zero attached hydrogens (tertiary/aromatic N) is 1. The summed E-state index contributed by atoms with van der Waals surface area (Å²) in [7, 11) is 0. The van der Waals surface area contributed by atoms with Crippen molar-refractivity contribution in [2.45, 2.75) is 6.04 Å². The minimum absolute atomic E-state index is 0.244. The summed E-state index contributed by atoms with van der Waals surface area (Å²) in [6.45, 7) is 0. The van der Waals surface area contributed by atoms with E-state index in [1.54, 1.807) is 0 Å². The van der Waals surface area contributed by atoms with Gasteiger partial charge in [-0.2, -0.15) is 5.26 Å². The summed E-state index contributed by atoms with van der Waals surface area (Å²) in [6.07, 6.45) is 0. The largest absolute Gasteiger partial charge is 0.333 e. The lowest BCUT2D eigenvalue weighted by Gasteiger charge is -2.12. The molecular weight excluding hydrogens is 262 g/mol. The summed E-state index contributed by atoms with van der Waals surface area (Å²) >= 11 is 0. The molecular formula is C15H10F2N2O. The topological polar surface area (TPSA) is 52.9 Å². The van der Waals surface area contributed by atoms with Crippen molar-refractivity contribution in [2.24, 2.45) is 0 Å². The van der Waals surface area contributed by atoms with Gasteiger partial charge in [0.25, 0.3) is 5.91 Å². The molecule has 2 rings (SSSR count). The van der Waals surface area contributed by atoms with Crippen LogP contribution in [-0.2, 0) is 0 Å². The average molecular weight is 272 g/mol. The Morgan fingerprint density at radius 1 is 1.00 bits per heavy atom. The second kappa shape index (κ2) is 5.93. The third-order valence-electron chi connectivity index (χ3n) is 2.71. The molecule has 0 bridgehead atoms. The van der Waals surface area contributed by atoms with Crippen LogP contribution in [0.3, 0.4) is 0 Å². The molecule has 0 fully saturated rings. The van der Waals surface area contributed by atoms with Crippen LogP contribution in [0.5, 0.6) is 0 Å². The molecule has 2 aromatic rings. The highest BCUT2D eigenvalue weighted by Gasteiger charge is 2.15. The Morgan fingerprint density at radius 2 is 1.50 bits per heavy atom. The molecule has 0 radical (unpaired) electrons. The van der Waals surface area contributed by atoms with E-state index in [0.29, 0.717) is 5.56 Å². The number of benzene rings is 2. The van der Waals surface area contributed by atoms with Crippen molar-refractivity contribution in [2.75, 3.05) is 0 Å². The van der Waals surface area contributed by atoms with E-state index < -0.39 is 23.6 Å². The Labute approximate surface area is 114 Å². The zero-order valence-electron chi connectivity index (χ0n) is 10.3. The number of halogens is 2. The van der Waals surface area contributed by atoms with Crippen molar-refractivity contribution in [3.05, 3.63) is 71.3 Å². The fourth-order valence-electron chi connectivity index (χ4n) is 1.66. The Balaban J connectivity index is 2.14. The van der Waals surface area contributed by atoms with Crippen LogP contribution < -0.4 is 5.32 Å². The number of nitrogens with one attached hydrogen (secondary N) is 1. The molecule has 0 unspecified atom stereocenters. The first-order valence-corrected chi connectivity index (χ1v) is 5.81. The number of nitriles is 1. The third kappa shape index (κ3) is 3.18. The minimum Gasteiger partial charge on any atom is -0.333 e. The zero-order chi connectivity index (χ0) is 14.5. The van der Waals surface area contributed by atoms with Gasteiger partial charge in [0.1, 0.15) is 17.7 Å². The molecule has 2 aromatic carbocycles. The molecule has 0 aliphatic rings. The normalized spacial score (nSPS) is 11.4. The van der Waals surface area contributed by atoms with Gasteiger partial charge in [-0.25, -0.2) is 8.78 Å². The summed E-state index contributed by atoms with van der Waals surface area (Å²) in [5, 5.41) is 11.6. The van der Waals surface area contributed by atoms with Crippen molar-refractivity contribution in [1.82, 2.24) is 5.32 Å². The number of amides is 1. The highest BCUT2D eigenvalue weighted by atomic mass is 19.1. The Kier molecular flexibility index (Phi) is 4.06. The van der Waals surface area contributed by atoms with E-state index in [9.17, 15) is 13.6 Å². The maximum absolute atomic E-state index is 12.8. The highest BCUT2D eigenvalue weighted by molar-refractivity contribution is 5.94. The summed E-state index contributed by atoms with van der Waals surface area (Å²) in [6, 6.07) is 11.3. The fraction of sp³-hybridized carbons (Fsp3) is 0.0667. The lowest BCUT2D eigenvalue weighted by atomic mass is 10.1. The van der Waals surface area contributed by atoms with Gasteiger partial charge in [-0.1, -0.05) is 12.1 Å². The fourth-order valence-corrected chi connectivity index (χ4v) is 1.66. The van der Waals surface area contributed by atoms with Crippen molar-refractivity contribution < 1.29 is 13.6 Å². The maximum Gasteiger partial charge on any atom is 0.252 e. The van der Waals surface area contributed by atoms with Gasteiger partial charge in [-0.05, 0) is 42.0 Å². The molecule has 5 heteroatoms. The summed E-state index contributed by atoms with van der Waals surface area (Å²) in [5.41, 5.74) is 0.720. The van der Waals surface area contributed by atoms with Crippen LogP contribution in [-0.4, -0.2) is 5.91 Å². The molecule has 0 saturated carbocycles. The van der Waals surface area contributed by atoms with E-state index in [-0.39, 0.29) is 5.56 Å². The number of hydrogen-bond acceptors (Lipinski definition) is 2. The van der Waals surface area contributed by atoms with Crippen LogP contribution in [0.25, 0.3) is 0 Å². The average Bonchev–Trinajstić information content (AvgIpc) is 2.46. The van der Waals surface area contributed by atoms with Gasteiger partial charge in [0.05, 0.1) is 6.07 Å². The second-order valence-electron chi connectivity index (χ2n) is 4.09. The molecule has 0 saturated heterocycles. The molecule has 3 nitrogen and oxygen atoms in total. The van der Waals surface area contributed by atoms with E-state index in [4.69, 9.17) is 5.26 Å². The third-order valence-corrected chi connectivity index (χ3v) is 2.71. The van der Waals surface area contributed by atoms with Crippen molar-refractivity contribution in [1.29, 1.82) is 5.26 Å². The van der Waals surface area contributed by atoms with Crippen molar-refractivity contribution in [3.63, 3.8) is 0 Å². The van der Waals surface area contributed by atoms with Gasteiger partial charge in [-0.3, -0.25) is 4.79 Å². The predicted molar refractivity (Wildman–Crippen MR) is 68.6 cm³/mol. The maximum atomic E-state index is 12.8. The SMILES string of the molecule is N#C[C@H](NC(=O)c1ccc(F)cc1)c1ccc(F)cc1. The smallest absolute Gasteiger partial charge is 0.252 e. The predicted octanol–water partition coefficient (Wildman–Crippen LogP) is 2.96.